The second-order valence-electron chi connectivity index (χ2n) is 4.91. The molecule has 0 saturated carbocycles. The molecule has 3 N–H and O–H groups in total. The summed E-state index contributed by atoms with van der Waals surface area (Å²) < 4.78 is 5.42. The summed E-state index contributed by atoms with van der Waals surface area (Å²) in [6.07, 6.45) is 2.61. The smallest absolute Gasteiger partial charge is 0.265 e. The number of nitrogens with zero attached hydrogens (tertiary/aromatic N) is 1. The maximum Gasteiger partial charge on any atom is 0.265 e. The number of carbonyl (C=O) groups excluding carboxylic acids is 1. The number of hydrogen-bond donors (Lipinski definition) is 2. The summed E-state index contributed by atoms with van der Waals surface area (Å²) >= 11 is 0. The molecule has 1 atom stereocenters. The topological polar surface area (TPSA) is 67.6 Å². The number of nitrogen functional groups attached to an aromatic ring is 1. The maximum absolute atomic E-state index is 11.5. The highest BCUT2D eigenvalue weighted by molar-refractivity contribution is 5.93. The Bertz CT molecular complexity index is 436. The van der Waals surface area contributed by atoms with Crippen LogP contribution in [0.25, 0.3) is 0 Å². The molecule has 0 radical (unpaired) electrons. The van der Waals surface area contributed by atoms with Crippen LogP contribution in [0.3, 0.4) is 0 Å². The lowest BCUT2D eigenvalue weighted by Gasteiger charge is -2.31. The lowest BCUT2D eigenvalue weighted by Crippen LogP contribution is -2.38. The molecule has 19 heavy (non-hydrogen) atoms. The Morgan fingerprint density at radius 1 is 1.58 bits per heavy atom. The summed E-state index contributed by atoms with van der Waals surface area (Å²) in [6.45, 7) is 2.86. The maximum atomic E-state index is 11.5. The van der Waals surface area contributed by atoms with Crippen molar-refractivity contribution in [1.29, 1.82) is 0 Å². The van der Waals surface area contributed by atoms with Gasteiger partial charge in [0, 0.05) is 25.8 Å². The van der Waals surface area contributed by atoms with Crippen molar-refractivity contribution in [3.05, 3.63) is 35.4 Å². The Kier molecular flexibility index (Phi) is 4.90. The van der Waals surface area contributed by atoms with Crippen molar-refractivity contribution in [3.63, 3.8) is 0 Å². The first-order chi connectivity index (χ1) is 9.22. The number of likely N-dealkylation sites (tertiary alicyclic amines) is 1. The van der Waals surface area contributed by atoms with Crippen LogP contribution < -0.4 is 11.3 Å². The zero-order chi connectivity index (χ0) is 13.7. The Morgan fingerprint density at radius 3 is 3.16 bits per heavy atom. The highest BCUT2D eigenvalue weighted by Crippen LogP contribution is 2.16. The first-order valence-electron chi connectivity index (χ1n) is 6.58. The third-order valence-corrected chi connectivity index (χ3v) is 3.52. The SMILES string of the molecule is COC1CCCN(Cc2cccc(C(=O)NN)c2)C1. The van der Waals surface area contributed by atoms with E-state index in [0.29, 0.717) is 11.7 Å². The fourth-order valence-corrected chi connectivity index (χ4v) is 2.50. The Morgan fingerprint density at radius 2 is 2.42 bits per heavy atom. The van der Waals surface area contributed by atoms with E-state index in [9.17, 15) is 4.79 Å². The molecule has 2 rings (SSSR count). The average molecular weight is 263 g/mol. The molecule has 1 unspecified atom stereocenters. The van der Waals surface area contributed by atoms with E-state index < -0.39 is 0 Å². The fourth-order valence-electron chi connectivity index (χ4n) is 2.50. The lowest BCUT2D eigenvalue weighted by molar-refractivity contribution is 0.0285. The number of carbonyl (C=O) groups is 1. The van der Waals surface area contributed by atoms with Crippen molar-refractivity contribution in [2.45, 2.75) is 25.5 Å². The van der Waals surface area contributed by atoms with Gasteiger partial charge in [-0.25, -0.2) is 5.84 Å². The minimum Gasteiger partial charge on any atom is -0.380 e. The highest BCUT2D eigenvalue weighted by atomic mass is 16.5. The van der Waals surface area contributed by atoms with Gasteiger partial charge in [0.25, 0.3) is 5.91 Å². The number of ether oxygens (including phenoxy) is 1. The molecule has 5 heteroatoms. The number of hydrogen-bond acceptors (Lipinski definition) is 4. The molecule has 1 heterocycles. The van der Waals surface area contributed by atoms with E-state index in [2.05, 4.69) is 10.3 Å². The van der Waals surface area contributed by atoms with E-state index in [1.54, 1.807) is 13.2 Å². The molecule has 1 aromatic carbocycles. The van der Waals surface area contributed by atoms with Crippen LogP contribution in [0, 0.1) is 0 Å². The number of rotatable bonds is 4. The third-order valence-electron chi connectivity index (χ3n) is 3.52. The molecule has 1 aliphatic rings. The molecule has 104 valence electrons. The molecule has 1 fully saturated rings. The van der Waals surface area contributed by atoms with Crippen LogP contribution in [0.4, 0.5) is 0 Å². The van der Waals surface area contributed by atoms with E-state index in [1.165, 1.54) is 0 Å². The summed E-state index contributed by atoms with van der Waals surface area (Å²) in [7, 11) is 1.76. The first kappa shape index (κ1) is 14.0. The van der Waals surface area contributed by atoms with E-state index in [1.807, 2.05) is 18.2 Å². The van der Waals surface area contributed by atoms with Crippen molar-refractivity contribution in [3.8, 4) is 0 Å². The Labute approximate surface area is 113 Å². The molecule has 1 saturated heterocycles. The molecule has 1 aliphatic heterocycles. The van der Waals surface area contributed by atoms with Gasteiger partial charge in [-0.3, -0.25) is 15.1 Å². The van der Waals surface area contributed by atoms with Gasteiger partial charge in [0.05, 0.1) is 6.10 Å². The number of nitrogens with one attached hydrogen (secondary N) is 1. The predicted octanol–water partition coefficient (Wildman–Crippen LogP) is 0.901. The molecule has 0 spiro atoms. The number of methoxy groups -OCH3 is 1. The van der Waals surface area contributed by atoms with Crippen LogP contribution >= 0.6 is 0 Å². The molecule has 0 aromatic heterocycles. The molecular weight excluding hydrogens is 242 g/mol. The van der Waals surface area contributed by atoms with Gasteiger partial charge < -0.3 is 4.74 Å². The monoisotopic (exact) mass is 263 g/mol. The zero-order valence-electron chi connectivity index (χ0n) is 11.3. The summed E-state index contributed by atoms with van der Waals surface area (Å²) in [4.78, 5) is 13.8. The molecule has 0 bridgehead atoms. The quantitative estimate of drug-likeness (QED) is 0.481. The number of piperidine rings is 1. The van der Waals surface area contributed by atoms with Crippen molar-refractivity contribution in [2.75, 3.05) is 20.2 Å². The lowest BCUT2D eigenvalue weighted by atomic mass is 10.1. The summed E-state index contributed by atoms with van der Waals surface area (Å²) in [6, 6.07) is 7.57. The highest BCUT2D eigenvalue weighted by Gasteiger charge is 2.19. The summed E-state index contributed by atoms with van der Waals surface area (Å²) in [5.74, 6) is 4.89. The third kappa shape index (κ3) is 3.76. The second kappa shape index (κ2) is 6.65. The fraction of sp³-hybridized carbons (Fsp3) is 0.500. The van der Waals surface area contributed by atoms with E-state index >= 15 is 0 Å². The van der Waals surface area contributed by atoms with Gasteiger partial charge in [-0.05, 0) is 37.1 Å². The molecule has 1 amide bonds. The van der Waals surface area contributed by atoms with Crippen LogP contribution in [0.5, 0.6) is 0 Å². The van der Waals surface area contributed by atoms with E-state index in [4.69, 9.17) is 10.6 Å². The van der Waals surface area contributed by atoms with Crippen LogP contribution in [0.2, 0.25) is 0 Å². The standard InChI is InChI=1S/C14H21N3O2/c1-19-13-6-3-7-17(10-13)9-11-4-2-5-12(8-11)14(18)16-15/h2,4-5,8,13H,3,6-7,9-10,15H2,1H3,(H,16,18). The van der Waals surface area contributed by atoms with Crippen LogP contribution in [0.15, 0.2) is 24.3 Å². The molecule has 5 nitrogen and oxygen atoms in total. The van der Waals surface area contributed by atoms with Crippen molar-refractivity contribution >= 4 is 5.91 Å². The van der Waals surface area contributed by atoms with Crippen LogP contribution in [-0.2, 0) is 11.3 Å². The molecule has 1 aromatic rings. The van der Waals surface area contributed by atoms with Crippen molar-refractivity contribution in [1.82, 2.24) is 10.3 Å². The minimum absolute atomic E-state index is 0.254. The summed E-state index contributed by atoms with van der Waals surface area (Å²) in [5.41, 5.74) is 3.88. The van der Waals surface area contributed by atoms with Gasteiger partial charge in [-0.15, -0.1) is 0 Å². The largest absolute Gasteiger partial charge is 0.380 e. The molecular formula is C14H21N3O2. The Balaban J connectivity index is 2.00. The van der Waals surface area contributed by atoms with Gasteiger partial charge in [0.2, 0.25) is 0 Å². The molecule has 0 aliphatic carbocycles. The van der Waals surface area contributed by atoms with E-state index in [0.717, 1.165) is 38.0 Å². The zero-order valence-corrected chi connectivity index (χ0v) is 11.3. The number of benzene rings is 1. The van der Waals surface area contributed by atoms with Gasteiger partial charge in [-0.1, -0.05) is 12.1 Å². The van der Waals surface area contributed by atoms with Crippen LogP contribution in [-0.4, -0.2) is 37.1 Å². The predicted molar refractivity (Wildman–Crippen MR) is 73.4 cm³/mol. The van der Waals surface area contributed by atoms with Gasteiger partial charge in [0.1, 0.15) is 0 Å². The van der Waals surface area contributed by atoms with Crippen LogP contribution in [0.1, 0.15) is 28.8 Å². The van der Waals surface area contributed by atoms with Crippen molar-refractivity contribution < 1.29 is 9.53 Å². The Hall–Kier alpha value is -1.43. The number of amides is 1. The second-order valence-corrected chi connectivity index (χ2v) is 4.91. The normalized spacial score (nSPS) is 20.2. The average Bonchev–Trinajstić information content (AvgIpc) is 2.47. The van der Waals surface area contributed by atoms with Crippen molar-refractivity contribution in [2.24, 2.45) is 5.84 Å². The van der Waals surface area contributed by atoms with E-state index in [-0.39, 0.29) is 5.91 Å². The van der Waals surface area contributed by atoms with Gasteiger partial charge >= 0.3 is 0 Å². The van der Waals surface area contributed by atoms with Gasteiger partial charge in [-0.2, -0.15) is 0 Å². The number of nitrogens with two attached hydrogens (primary N) is 1. The van der Waals surface area contributed by atoms with Gasteiger partial charge in [0.15, 0.2) is 0 Å². The number of hydrazine groups is 1. The minimum atomic E-state index is -0.254. The first-order valence-corrected chi connectivity index (χ1v) is 6.58. The summed E-state index contributed by atoms with van der Waals surface area (Å²) in [5, 5.41) is 0.